The summed E-state index contributed by atoms with van der Waals surface area (Å²) in [5, 5.41) is 11.6. The van der Waals surface area contributed by atoms with Gasteiger partial charge in [-0.25, -0.2) is 0 Å². The molecule has 0 radical (unpaired) electrons. The van der Waals surface area contributed by atoms with Crippen molar-refractivity contribution in [3.05, 3.63) is 53.5 Å². The summed E-state index contributed by atoms with van der Waals surface area (Å²) in [6.45, 7) is 1.68. The van der Waals surface area contributed by atoms with Crippen LogP contribution in [0.5, 0.6) is 0 Å². The summed E-state index contributed by atoms with van der Waals surface area (Å²) in [6, 6.07) is 4.68. The summed E-state index contributed by atoms with van der Waals surface area (Å²) in [5.41, 5.74) is -1.51. The van der Waals surface area contributed by atoms with Crippen LogP contribution >= 0.6 is 0 Å². The van der Waals surface area contributed by atoms with Gasteiger partial charge in [-0.05, 0) is 25.1 Å². The lowest BCUT2D eigenvalue weighted by Gasteiger charge is -2.07. The molecule has 0 aliphatic rings. The molecule has 2 N–H and O–H groups in total. The monoisotopic (exact) mass is 339 g/mol. The first-order valence-electron chi connectivity index (χ1n) is 6.84. The highest BCUT2D eigenvalue weighted by Gasteiger charge is 2.38. The summed E-state index contributed by atoms with van der Waals surface area (Å²) >= 11 is 0. The zero-order valence-corrected chi connectivity index (χ0v) is 12.4. The van der Waals surface area contributed by atoms with Crippen LogP contribution in [0, 0.1) is 6.92 Å². The third kappa shape index (κ3) is 3.16. The molecule has 7 nitrogen and oxygen atoms in total. The summed E-state index contributed by atoms with van der Waals surface area (Å²) in [7, 11) is 0. The molecular weight excluding hydrogens is 327 g/mol. The first-order valence-corrected chi connectivity index (χ1v) is 6.84. The number of aromatic amines is 1. The summed E-state index contributed by atoms with van der Waals surface area (Å²) in [4.78, 5) is 12.1. The maximum atomic E-state index is 12.9. The topological polar surface area (TPSA) is 88.7 Å². The van der Waals surface area contributed by atoms with Gasteiger partial charge in [0.1, 0.15) is 5.76 Å². The Morgan fingerprint density at radius 3 is 2.88 bits per heavy atom. The van der Waals surface area contributed by atoms with E-state index in [2.05, 4.69) is 20.6 Å². The van der Waals surface area contributed by atoms with Gasteiger partial charge in [-0.15, -0.1) is 0 Å². The van der Waals surface area contributed by atoms with E-state index in [0.29, 0.717) is 12.3 Å². The summed E-state index contributed by atoms with van der Waals surface area (Å²) in [6.07, 6.45) is -1.37. The minimum atomic E-state index is -4.68. The third-order valence-corrected chi connectivity index (χ3v) is 3.22. The predicted octanol–water partition coefficient (Wildman–Crippen LogP) is 2.83. The summed E-state index contributed by atoms with van der Waals surface area (Å²) < 4.78 is 45.5. The number of hydrogen-bond acceptors (Lipinski definition) is 4. The van der Waals surface area contributed by atoms with Crippen molar-refractivity contribution in [2.75, 3.05) is 5.32 Å². The lowest BCUT2D eigenvalue weighted by Crippen LogP contribution is -2.16. The molecule has 126 valence electrons. The average molecular weight is 339 g/mol. The predicted molar refractivity (Wildman–Crippen MR) is 76.3 cm³/mol. The molecule has 0 spiro atoms. The Kier molecular flexibility index (Phi) is 3.87. The second-order valence-corrected chi connectivity index (χ2v) is 4.99. The Morgan fingerprint density at radius 2 is 2.21 bits per heavy atom. The zero-order chi connectivity index (χ0) is 17.3. The molecule has 10 heteroatoms. The van der Waals surface area contributed by atoms with Crippen molar-refractivity contribution in [3.63, 3.8) is 0 Å². The highest BCUT2D eigenvalue weighted by Crippen LogP contribution is 2.34. The number of nitrogens with one attached hydrogen (secondary N) is 2. The van der Waals surface area contributed by atoms with Crippen LogP contribution in [-0.4, -0.2) is 25.9 Å². The number of H-pyrrole nitrogens is 1. The van der Waals surface area contributed by atoms with E-state index in [1.807, 2.05) is 0 Å². The van der Waals surface area contributed by atoms with Crippen LogP contribution in [0.25, 0.3) is 0 Å². The van der Waals surface area contributed by atoms with E-state index in [0.717, 1.165) is 0 Å². The maximum absolute atomic E-state index is 12.9. The van der Waals surface area contributed by atoms with Gasteiger partial charge in [0.2, 0.25) is 0 Å². The van der Waals surface area contributed by atoms with Gasteiger partial charge in [-0.2, -0.15) is 23.4 Å². The van der Waals surface area contributed by atoms with Gasteiger partial charge in [0.25, 0.3) is 5.91 Å². The maximum Gasteiger partial charge on any atom is 0.437 e. The van der Waals surface area contributed by atoms with Gasteiger partial charge in [0.05, 0.1) is 17.9 Å². The molecule has 0 unspecified atom stereocenters. The van der Waals surface area contributed by atoms with Crippen LogP contribution in [-0.2, 0) is 12.7 Å². The van der Waals surface area contributed by atoms with Crippen LogP contribution in [0.1, 0.15) is 27.7 Å². The molecule has 1 amide bonds. The summed E-state index contributed by atoms with van der Waals surface area (Å²) in [5.74, 6) is -0.452. The van der Waals surface area contributed by atoms with Gasteiger partial charge < -0.3 is 9.73 Å². The number of amides is 1. The molecule has 0 fully saturated rings. The van der Waals surface area contributed by atoms with Crippen molar-refractivity contribution < 1.29 is 22.4 Å². The first-order chi connectivity index (χ1) is 11.3. The number of halogens is 3. The van der Waals surface area contributed by atoms with E-state index in [4.69, 9.17) is 4.42 Å². The fourth-order valence-electron chi connectivity index (χ4n) is 2.10. The molecule has 3 aromatic heterocycles. The van der Waals surface area contributed by atoms with E-state index < -0.39 is 23.5 Å². The molecule has 0 bridgehead atoms. The van der Waals surface area contributed by atoms with Crippen molar-refractivity contribution in [3.8, 4) is 0 Å². The Morgan fingerprint density at radius 1 is 1.42 bits per heavy atom. The Balaban J connectivity index is 1.77. The van der Waals surface area contributed by atoms with E-state index in [1.54, 1.807) is 29.2 Å². The van der Waals surface area contributed by atoms with Gasteiger partial charge >= 0.3 is 6.18 Å². The molecule has 3 rings (SSSR count). The molecule has 0 saturated carbocycles. The minimum Gasteiger partial charge on any atom is -0.454 e. The molecule has 3 heterocycles. The van der Waals surface area contributed by atoms with Crippen molar-refractivity contribution in [1.82, 2.24) is 20.0 Å². The fourth-order valence-corrected chi connectivity index (χ4v) is 2.10. The molecule has 0 saturated heterocycles. The smallest absolute Gasteiger partial charge is 0.437 e. The van der Waals surface area contributed by atoms with E-state index in [9.17, 15) is 18.0 Å². The van der Waals surface area contributed by atoms with Gasteiger partial charge in [-0.1, -0.05) is 0 Å². The quantitative estimate of drug-likeness (QED) is 0.765. The Hall–Kier alpha value is -3.04. The highest BCUT2D eigenvalue weighted by atomic mass is 19.4. The van der Waals surface area contributed by atoms with Crippen LogP contribution in [0.3, 0.4) is 0 Å². The number of carbonyl (C=O) groups excluding carboxylic acids is 1. The number of carbonyl (C=O) groups is 1. The number of aryl methyl sites for hydroxylation is 1. The number of rotatable bonds is 4. The average Bonchev–Trinajstić information content (AvgIpc) is 3.21. The third-order valence-electron chi connectivity index (χ3n) is 3.22. The molecule has 0 aliphatic carbocycles. The van der Waals surface area contributed by atoms with Crippen molar-refractivity contribution in [1.29, 1.82) is 0 Å². The van der Waals surface area contributed by atoms with E-state index >= 15 is 0 Å². The van der Waals surface area contributed by atoms with Crippen LogP contribution in [0.15, 0.2) is 35.0 Å². The SMILES string of the molecule is Cc1[nH]nc(C(F)(F)F)c1NC(=O)c1ccc(Cn2cccn2)o1. The molecule has 0 aromatic carbocycles. The van der Waals surface area contributed by atoms with E-state index in [1.165, 1.54) is 13.0 Å². The second kappa shape index (κ2) is 5.87. The second-order valence-electron chi connectivity index (χ2n) is 4.99. The van der Waals surface area contributed by atoms with Gasteiger partial charge in [0, 0.05) is 12.4 Å². The lowest BCUT2D eigenvalue weighted by atomic mass is 10.2. The Bertz CT molecular complexity index is 848. The number of nitrogens with zero attached hydrogens (tertiary/aromatic N) is 3. The van der Waals surface area contributed by atoms with Crippen molar-refractivity contribution >= 4 is 11.6 Å². The fraction of sp³-hybridized carbons (Fsp3) is 0.214. The molecule has 24 heavy (non-hydrogen) atoms. The standard InChI is InChI=1S/C14H12F3N5O2/c1-8-11(12(21-20-8)14(15,16)17)19-13(23)10-4-3-9(24-10)7-22-6-2-5-18-22/h2-6H,7H2,1H3,(H,19,23)(H,20,21). The largest absolute Gasteiger partial charge is 0.454 e. The lowest BCUT2D eigenvalue weighted by molar-refractivity contribution is -0.140. The highest BCUT2D eigenvalue weighted by molar-refractivity contribution is 6.03. The molecule has 0 atom stereocenters. The van der Waals surface area contributed by atoms with Gasteiger partial charge in [0.15, 0.2) is 11.5 Å². The number of hydrogen-bond donors (Lipinski definition) is 2. The van der Waals surface area contributed by atoms with Crippen LogP contribution < -0.4 is 5.32 Å². The molecule has 3 aromatic rings. The number of alkyl halides is 3. The molecular formula is C14H12F3N5O2. The number of furan rings is 1. The molecule has 0 aliphatic heterocycles. The Labute approximate surface area is 133 Å². The van der Waals surface area contributed by atoms with E-state index in [-0.39, 0.29) is 11.5 Å². The van der Waals surface area contributed by atoms with Crippen molar-refractivity contribution in [2.45, 2.75) is 19.6 Å². The number of aromatic nitrogens is 4. The number of anilines is 1. The van der Waals surface area contributed by atoms with Gasteiger partial charge in [-0.3, -0.25) is 14.6 Å². The zero-order valence-electron chi connectivity index (χ0n) is 12.4. The van der Waals surface area contributed by atoms with Crippen molar-refractivity contribution in [2.24, 2.45) is 0 Å². The normalized spacial score (nSPS) is 11.7. The van der Waals surface area contributed by atoms with Crippen LogP contribution in [0.2, 0.25) is 0 Å². The minimum absolute atomic E-state index is 0.0963. The first kappa shape index (κ1) is 15.8. The van der Waals surface area contributed by atoms with Crippen LogP contribution in [0.4, 0.5) is 18.9 Å².